The SMILES string of the molecule is CN(C)C1(C(NN)c2cccc3ccsc23)CCCCC1. The molecule has 1 atom stereocenters. The maximum atomic E-state index is 6.05. The fourth-order valence-electron chi connectivity index (χ4n) is 3.94. The van der Waals surface area contributed by atoms with Crippen molar-refractivity contribution in [3.63, 3.8) is 0 Å². The monoisotopic (exact) mass is 303 g/mol. The predicted molar refractivity (Wildman–Crippen MR) is 91.4 cm³/mol. The van der Waals surface area contributed by atoms with Crippen molar-refractivity contribution in [1.82, 2.24) is 10.3 Å². The highest BCUT2D eigenvalue weighted by Crippen LogP contribution is 2.44. The maximum absolute atomic E-state index is 6.05. The lowest BCUT2D eigenvalue weighted by Crippen LogP contribution is -2.56. The Bertz CT molecular complexity index is 599. The van der Waals surface area contributed by atoms with Gasteiger partial charge in [0.05, 0.1) is 6.04 Å². The molecule has 0 spiro atoms. The van der Waals surface area contributed by atoms with Crippen molar-refractivity contribution < 1.29 is 0 Å². The second-order valence-electron chi connectivity index (χ2n) is 6.34. The summed E-state index contributed by atoms with van der Waals surface area (Å²) in [6.45, 7) is 0. The van der Waals surface area contributed by atoms with E-state index in [4.69, 9.17) is 5.84 Å². The third-order valence-electron chi connectivity index (χ3n) is 5.13. The summed E-state index contributed by atoms with van der Waals surface area (Å²) in [6, 6.07) is 8.95. The maximum Gasteiger partial charge on any atom is 0.0657 e. The molecular weight excluding hydrogens is 278 g/mol. The van der Waals surface area contributed by atoms with Gasteiger partial charge in [0.15, 0.2) is 0 Å². The van der Waals surface area contributed by atoms with E-state index in [0.717, 1.165) is 0 Å². The third-order valence-corrected chi connectivity index (χ3v) is 6.11. The Morgan fingerprint density at radius 3 is 2.62 bits per heavy atom. The molecule has 21 heavy (non-hydrogen) atoms. The van der Waals surface area contributed by atoms with Crippen LogP contribution < -0.4 is 11.3 Å². The highest BCUT2D eigenvalue weighted by molar-refractivity contribution is 7.17. The molecular formula is C17H25N3S. The molecule has 1 aromatic carbocycles. The van der Waals surface area contributed by atoms with Crippen LogP contribution in [0.2, 0.25) is 0 Å². The Kier molecular flexibility index (Phi) is 4.31. The molecule has 4 heteroatoms. The van der Waals surface area contributed by atoms with E-state index in [-0.39, 0.29) is 11.6 Å². The number of nitrogens with zero attached hydrogens (tertiary/aromatic N) is 1. The van der Waals surface area contributed by atoms with Crippen molar-refractivity contribution in [3.05, 3.63) is 35.2 Å². The molecule has 1 aromatic heterocycles. The van der Waals surface area contributed by atoms with Crippen molar-refractivity contribution in [2.24, 2.45) is 5.84 Å². The van der Waals surface area contributed by atoms with Crippen LogP contribution in [0.5, 0.6) is 0 Å². The summed E-state index contributed by atoms with van der Waals surface area (Å²) in [5, 5.41) is 3.49. The summed E-state index contributed by atoms with van der Waals surface area (Å²) in [5.41, 5.74) is 4.62. The Morgan fingerprint density at radius 1 is 1.19 bits per heavy atom. The summed E-state index contributed by atoms with van der Waals surface area (Å²) in [4.78, 5) is 2.39. The molecule has 3 N–H and O–H groups in total. The first-order valence-electron chi connectivity index (χ1n) is 7.79. The molecule has 1 saturated carbocycles. The van der Waals surface area contributed by atoms with Gasteiger partial charge in [0.2, 0.25) is 0 Å². The van der Waals surface area contributed by atoms with E-state index in [9.17, 15) is 0 Å². The van der Waals surface area contributed by atoms with Crippen molar-refractivity contribution >= 4 is 21.4 Å². The number of fused-ring (bicyclic) bond motifs is 1. The van der Waals surface area contributed by atoms with E-state index in [1.165, 1.54) is 47.8 Å². The predicted octanol–water partition coefficient (Wildman–Crippen LogP) is 3.67. The van der Waals surface area contributed by atoms with Crippen molar-refractivity contribution in [2.75, 3.05) is 14.1 Å². The van der Waals surface area contributed by atoms with Gasteiger partial charge >= 0.3 is 0 Å². The number of hydrogen-bond donors (Lipinski definition) is 2. The zero-order valence-corrected chi connectivity index (χ0v) is 13.7. The van der Waals surface area contributed by atoms with Gasteiger partial charge in [-0.25, -0.2) is 0 Å². The van der Waals surface area contributed by atoms with Gasteiger partial charge in [-0.2, -0.15) is 0 Å². The molecule has 1 unspecified atom stereocenters. The Hall–Kier alpha value is -0.940. The van der Waals surface area contributed by atoms with Crippen molar-refractivity contribution in [2.45, 2.75) is 43.7 Å². The van der Waals surface area contributed by atoms with Gasteiger partial charge in [0, 0.05) is 10.2 Å². The number of hydrazine groups is 1. The summed E-state index contributed by atoms with van der Waals surface area (Å²) in [7, 11) is 4.40. The van der Waals surface area contributed by atoms with Crippen LogP contribution in [-0.4, -0.2) is 24.5 Å². The minimum absolute atomic E-state index is 0.116. The van der Waals surface area contributed by atoms with E-state index in [1.807, 2.05) is 11.3 Å². The highest BCUT2D eigenvalue weighted by Gasteiger charge is 2.42. The molecule has 1 fully saturated rings. The molecule has 0 bridgehead atoms. The molecule has 0 aliphatic heterocycles. The first-order chi connectivity index (χ1) is 10.2. The molecule has 0 radical (unpaired) electrons. The van der Waals surface area contributed by atoms with Crippen LogP contribution in [0.15, 0.2) is 29.6 Å². The molecule has 2 aromatic rings. The van der Waals surface area contributed by atoms with E-state index < -0.39 is 0 Å². The quantitative estimate of drug-likeness (QED) is 0.669. The minimum atomic E-state index is 0.116. The minimum Gasteiger partial charge on any atom is -0.302 e. The largest absolute Gasteiger partial charge is 0.302 e. The normalized spacial score (nSPS) is 20.0. The standard InChI is InChI=1S/C17H25N3S/c1-20(2)17(10-4-3-5-11-17)16(19-18)14-8-6-7-13-9-12-21-15(13)14/h6-9,12,16,19H,3-5,10-11,18H2,1-2H3. The van der Waals surface area contributed by atoms with Crippen LogP contribution in [-0.2, 0) is 0 Å². The topological polar surface area (TPSA) is 41.3 Å². The van der Waals surface area contributed by atoms with Crippen LogP contribution in [0.25, 0.3) is 10.1 Å². The second-order valence-corrected chi connectivity index (χ2v) is 7.26. The third kappa shape index (κ3) is 2.50. The number of hydrogen-bond acceptors (Lipinski definition) is 4. The van der Waals surface area contributed by atoms with Gasteiger partial charge in [-0.15, -0.1) is 11.3 Å². The van der Waals surface area contributed by atoms with Gasteiger partial charge in [-0.1, -0.05) is 37.5 Å². The summed E-state index contributed by atoms with van der Waals surface area (Å²) < 4.78 is 1.37. The molecule has 0 saturated heterocycles. The lowest BCUT2D eigenvalue weighted by molar-refractivity contribution is 0.0570. The number of rotatable bonds is 4. The average Bonchev–Trinajstić information content (AvgIpc) is 2.98. The highest BCUT2D eigenvalue weighted by atomic mass is 32.1. The number of nitrogens with two attached hydrogens (primary N) is 1. The van der Waals surface area contributed by atoms with Crippen LogP contribution >= 0.6 is 11.3 Å². The smallest absolute Gasteiger partial charge is 0.0657 e. The number of thiophene rings is 1. The molecule has 0 amide bonds. The molecule has 1 heterocycles. The lowest BCUT2D eigenvalue weighted by Gasteiger charge is -2.48. The number of likely N-dealkylation sites (N-methyl/N-ethyl adjacent to an activating group) is 1. The Balaban J connectivity index is 2.09. The van der Waals surface area contributed by atoms with Gasteiger partial charge in [-0.05, 0) is 49.3 Å². The first-order valence-corrected chi connectivity index (χ1v) is 8.67. The van der Waals surface area contributed by atoms with Crippen molar-refractivity contribution in [1.29, 1.82) is 0 Å². The van der Waals surface area contributed by atoms with Gasteiger partial charge in [0.25, 0.3) is 0 Å². The zero-order valence-electron chi connectivity index (χ0n) is 12.9. The van der Waals surface area contributed by atoms with Crippen LogP contribution in [0.1, 0.15) is 43.7 Å². The van der Waals surface area contributed by atoms with Gasteiger partial charge in [0.1, 0.15) is 0 Å². The lowest BCUT2D eigenvalue weighted by atomic mass is 9.73. The fourth-order valence-corrected chi connectivity index (χ4v) is 4.88. The molecule has 1 aliphatic carbocycles. The molecule has 3 rings (SSSR count). The van der Waals surface area contributed by atoms with Crippen molar-refractivity contribution in [3.8, 4) is 0 Å². The average molecular weight is 303 g/mol. The van der Waals surface area contributed by atoms with E-state index in [2.05, 4.69) is 54.1 Å². The fraction of sp³-hybridized carbons (Fsp3) is 0.529. The van der Waals surface area contributed by atoms with Gasteiger partial charge in [-0.3, -0.25) is 11.3 Å². The molecule has 1 aliphatic rings. The number of benzene rings is 1. The first kappa shape index (κ1) is 15.0. The van der Waals surface area contributed by atoms with Crippen LogP contribution in [0.4, 0.5) is 0 Å². The molecule has 3 nitrogen and oxygen atoms in total. The Morgan fingerprint density at radius 2 is 1.95 bits per heavy atom. The summed E-state index contributed by atoms with van der Waals surface area (Å²) >= 11 is 1.82. The zero-order chi connectivity index (χ0) is 14.9. The second kappa shape index (κ2) is 6.05. The van der Waals surface area contributed by atoms with E-state index in [0.29, 0.717) is 0 Å². The number of nitrogens with one attached hydrogen (secondary N) is 1. The Labute approximate surface area is 131 Å². The van der Waals surface area contributed by atoms with Crippen LogP contribution in [0.3, 0.4) is 0 Å². The summed E-state index contributed by atoms with van der Waals surface area (Å²) in [5.74, 6) is 6.05. The molecule has 114 valence electrons. The van der Waals surface area contributed by atoms with E-state index in [1.54, 1.807) is 0 Å². The van der Waals surface area contributed by atoms with Gasteiger partial charge < -0.3 is 4.90 Å². The summed E-state index contributed by atoms with van der Waals surface area (Å²) in [6.07, 6.45) is 6.33. The van der Waals surface area contributed by atoms with E-state index >= 15 is 0 Å². The van der Waals surface area contributed by atoms with Crippen LogP contribution in [0, 0.1) is 0 Å².